The normalized spacial score (nSPS) is 15.9. The maximum atomic E-state index is 14.8. The van der Waals surface area contributed by atoms with E-state index in [9.17, 15) is 37.5 Å². The molecule has 8 rings (SSSR count). The number of anilines is 4. The summed E-state index contributed by atoms with van der Waals surface area (Å²) in [5.41, 5.74) is 0.600. The third-order valence-electron chi connectivity index (χ3n) is 15.7. The molecule has 0 radical (unpaired) electrons. The second-order valence-corrected chi connectivity index (χ2v) is 24.4. The van der Waals surface area contributed by atoms with Crippen molar-refractivity contribution in [2.45, 2.75) is 91.3 Å². The number of nitrogens with one attached hydrogen (secondary N) is 4. The van der Waals surface area contributed by atoms with Crippen LogP contribution in [0, 0.1) is 31.4 Å². The summed E-state index contributed by atoms with van der Waals surface area (Å²) in [7, 11) is 2.98. The number of carbonyl (C=O) groups is 6. The van der Waals surface area contributed by atoms with Crippen molar-refractivity contribution in [2.75, 3.05) is 128 Å². The summed E-state index contributed by atoms with van der Waals surface area (Å²) in [5.74, 6) is -2.80. The first-order chi connectivity index (χ1) is 41.6. The van der Waals surface area contributed by atoms with E-state index in [-0.39, 0.29) is 92.4 Å². The van der Waals surface area contributed by atoms with Crippen molar-refractivity contribution in [1.82, 2.24) is 49.8 Å². The fourth-order valence-electron chi connectivity index (χ4n) is 10.7. The fourth-order valence-corrected chi connectivity index (χ4v) is 11.7. The number of rotatable bonds is 24. The summed E-state index contributed by atoms with van der Waals surface area (Å²) in [6.07, 6.45) is 5.16. The Hall–Kier alpha value is -7.10. The molecule has 2 aromatic carbocycles. The van der Waals surface area contributed by atoms with Crippen molar-refractivity contribution in [3.8, 4) is 0 Å². The van der Waals surface area contributed by atoms with Crippen LogP contribution in [-0.4, -0.2) is 205 Å². The molecule has 0 spiro atoms. The van der Waals surface area contributed by atoms with E-state index >= 15 is 0 Å². The van der Waals surface area contributed by atoms with Gasteiger partial charge in [-0.3, -0.25) is 33.8 Å². The van der Waals surface area contributed by atoms with Crippen LogP contribution < -0.4 is 26.2 Å². The highest BCUT2D eigenvalue weighted by Gasteiger charge is 2.39. The zero-order valence-corrected chi connectivity index (χ0v) is 52.3. The van der Waals surface area contributed by atoms with Crippen LogP contribution in [0.15, 0.2) is 42.6 Å². The third kappa shape index (κ3) is 17.4. The van der Waals surface area contributed by atoms with E-state index in [1.54, 1.807) is 38.7 Å². The second-order valence-electron chi connectivity index (χ2n) is 23.0. The topological polar surface area (TPSA) is 247 Å². The lowest BCUT2D eigenvalue weighted by Crippen LogP contribution is -2.60. The first-order valence-corrected chi connectivity index (χ1v) is 30.7. The number of thiazole rings is 1. The zero-order valence-electron chi connectivity index (χ0n) is 50.8. The summed E-state index contributed by atoms with van der Waals surface area (Å²) in [5, 5.41) is 12.9. The first kappa shape index (κ1) is 65.9. The van der Waals surface area contributed by atoms with Crippen LogP contribution in [0.25, 0.3) is 10.9 Å². The van der Waals surface area contributed by atoms with Gasteiger partial charge >= 0.3 is 6.09 Å². The number of hydrogen-bond donors (Lipinski definition) is 4. The summed E-state index contributed by atoms with van der Waals surface area (Å²) in [6.45, 7) is 16.7. The number of carbonyl (C=O) groups excluding carboxylic acids is 6. The summed E-state index contributed by atoms with van der Waals surface area (Å²) < 4.78 is 53.6. The smallest absolute Gasteiger partial charge is 0.410 e. The third-order valence-corrected chi connectivity index (χ3v) is 16.9. The molecule has 3 aliphatic rings. The average Bonchev–Trinajstić information content (AvgIpc) is 1.65. The molecule has 2 unspecified atom stereocenters. The Morgan fingerprint density at radius 3 is 2.16 bits per heavy atom. The Morgan fingerprint density at radius 2 is 1.48 bits per heavy atom. The lowest BCUT2D eigenvalue weighted by Gasteiger charge is -2.39. The maximum Gasteiger partial charge on any atom is 0.410 e. The van der Waals surface area contributed by atoms with E-state index in [1.807, 2.05) is 32.0 Å². The van der Waals surface area contributed by atoms with Crippen molar-refractivity contribution in [3.05, 3.63) is 86.8 Å². The standard InChI is InChI=1S/C60H80ClF2N13O10S/c1-37-13-12-16-42(61)50(37)69-54(78)46-36-65-58(87-46)68-47-35-48(67-39(3)66-47)74-20-18-73(19-21-74)26-28-84-30-32-85-31-29-83-27-17-64-55(79)49-41-33-43(62)44(63)34-45(41)72(8)52(49)57(81)76-24-22-75(23-25-76)56(80)51(40-14-10-9-11-15-40)70-53(77)38(2)71(7)59(82)86-60(4,5)6/h12-13,16,33-36,38,40,51H,9-11,14-15,17-32H2,1-8H3,(H,64,79)(H,69,78)(H,70,77)(H,65,66,67,68). The number of para-hydroxylation sites is 1. The summed E-state index contributed by atoms with van der Waals surface area (Å²) in [4.78, 5) is 105. The van der Waals surface area contributed by atoms with Crippen LogP contribution in [0.5, 0.6) is 0 Å². The minimum Gasteiger partial charge on any atom is -0.444 e. The SMILES string of the molecule is Cc1nc(Nc2ncc(C(=O)Nc3c(C)cccc3Cl)s2)cc(N2CCN(CCOCCOCCOCCNC(=O)c3c(C(=O)N4CCN(C(=O)C(NC(=O)C(C)N(C)C(=O)OC(C)(C)C)C5CCCCC5)CC4)n(C)c4cc(F)c(F)cc34)CC2)n1. The van der Waals surface area contributed by atoms with Crippen molar-refractivity contribution in [1.29, 1.82) is 0 Å². The Balaban J connectivity index is 0.732. The number of aromatic nitrogens is 4. The van der Waals surface area contributed by atoms with Crippen LogP contribution in [-0.2, 0) is 35.6 Å². The quantitative estimate of drug-likeness (QED) is 0.0447. The molecule has 5 aromatic rings. The van der Waals surface area contributed by atoms with Gasteiger partial charge in [0.1, 0.15) is 45.7 Å². The number of halogens is 3. The number of ether oxygens (including phenoxy) is 4. The number of hydrogen-bond acceptors (Lipinski definition) is 17. The largest absolute Gasteiger partial charge is 0.444 e. The van der Waals surface area contributed by atoms with E-state index in [2.05, 4.69) is 46.0 Å². The van der Waals surface area contributed by atoms with Crippen LogP contribution in [0.1, 0.15) is 102 Å². The number of piperazine rings is 2. The number of amides is 6. The number of nitrogens with zero attached hydrogens (tertiary/aromatic N) is 9. The van der Waals surface area contributed by atoms with E-state index in [0.717, 1.165) is 88.3 Å². The van der Waals surface area contributed by atoms with Gasteiger partial charge in [-0.1, -0.05) is 54.3 Å². The van der Waals surface area contributed by atoms with Gasteiger partial charge < -0.3 is 59.5 Å². The fraction of sp³-hybridized carbons (Fsp3) is 0.550. The van der Waals surface area contributed by atoms with E-state index < -0.39 is 53.1 Å². The molecule has 23 nitrogen and oxygen atoms in total. The first-order valence-electron chi connectivity index (χ1n) is 29.5. The molecule has 4 N–H and O–H groups in total. The molecule has 3 fully saturated rings. The average molecular weight is 1250 g/mol. The van der Waals surface area contributed by atoms with Gasteiger partial charge in [-0.15, -0.1) is 0 Å². The minimum atomic E-state index is -1.18. The predicted molar refractivity (Wildman–Crippen MR) is 327 cm³/mol. The molecule has 27 heteroatoms. The molecule has 6 amide bonds. The second kappa shape index (κ2) is 30.2. The molecular formula is C60H80ClF2N13O10S. The van der Waals surface area contributed by atoms with Gasteiger partial charge in [0.05, 0.1) is 67.6 Å². The van der Waals surface area contributed by atoms with Crippen LogP contribution in [0.2, 0.25) is 5.02 Å². The maximum absolute atomic E-state index is 14.8. The molecule has 87 heavy (non-hydrogen) atoms. The monoisotopic (exact) mass is 1250 g/mol. The Morgan fingerprint density at radius 1 is 0.828 bits per heavy atom. The van der Waals surface area contributed by atoms with Crippen molar-refractivity contribution in [2.24, 2.45) is 13.0 Å². The molecular weight excluding hydrogens is 1170 g/mol. The molecule has 1 saturated carbocycles. The molecule has 5 heterocycles. The van der Waals surface area contributed by atoms with Gasteiger partial charge in [0, 0.05) is 97.1 Å². The lowest BCUT2D eigenvalue weighted by molar-refractivity contribution is -0.140. The van der Waals surface area contributed by atoms with Crippen LogP contribution >= 0.6 is 22.9 Å². The van der Waals surface area contributed by atoms with Crippen molar-refractivity contribution >= 4 is 91.9 Å². The highest BCUT2D eigenvalue weighted by Crippen LogP contribution is 2.32. The lowest BCUT2D eigenvalue weighted by atomic mass is 9.83. The Kier molecular flexibility index (Phi) is 22.9. The summed E-state index contributed by atoms with van der Waals surface area (Å²) in [6, 6.07) is 7.38. The molecule has 3 aromatic heterocycles. The molecule has 472 valence electrons. The van der Waals surface area contributed by atoms with Gasteiger partial charge in [0.2, 0.25) is 11.8 Å². The van der Waals surface area contributed by atoms with Crippen molar-refractivity contribution in [3.63, 3.8) is 0 Å². The molecule has 2 atom stereocenters. The number of fused-ring (bicyclic) bond motifs is 1. The number of aryl methyl sites for hydroxylation is 3. The zero-order chi connectivity index (χ0) is 62.5. The van der Waals surface area contributed by atoms with Gasteiger partial charge in [-0.25, -0.2) is 28.5 Å². The predicted octanol–water partition coefficient (Wildman–Crippen LogP) is 7.18. The number of likely N-dealkylation sites (N-methyl/N-ethyl adjacent to an activating group) is 1. The van der Waals surface area contributed by atoms with E-state index in [0.29, 0.717) is 52.2 Å². The highest BCUT2D eigenvalue weighted by molar-refractivity contribution is 7.17. The highest BCUT2D eigenvalue weighted by atomic mass is 35.5. The molecule has 1 aliphatic carbocycles. The minimum absolute atomic E-state index is 0.0413. The van der Waals surface area contributed by atoms with Gasteiger partial charge in [0.15, 0.2) is 16.8 Å². The van der Waals surface area contributed by atoms with E-state index in [1.165, 1.54) is 46.0 Å². The van der Waals surface area contributed by atoms with Crippen LogP contribution in [0.3, 0.4) is 0 Å². The van der Waals surface area contributed by atoms with Crippen LogP contribution in [0.4, 0.5) is 36.0 Å². The molecule has 2 aliphatic heterocycles. The van der Waals surface area contributed by atoms with Gasteiger partial charge in [-0.05, 0) is 78.0 Å². The Bertz CT molecular complexity index is 3230. The molecule has 2 saturated heterocycles. The Labute approximate surface area is 514 Å². The van der Waals surface area contributed by atoms with Crippen molar-refractivity contribution < 1.29 is 56.5 Å². The van der Waals surface area contributed by atoms with Gasteiger partial charge in [-0.2, -0.15) is 0 Å². The molecule has 0 bridgehead atoms. The van der Waals surface area contributed by atoms with E-state index in [4.69, 9.17) is 30.5 Å². The van der Waals surface area contributed by atoms with Gasteiger partial charge in [0.25, 0.3) is 17.7 Å². The number of benzene rings is 2. The summed E-state index contributed by atoms with van der Waals surface area (Å²) >= 11 is 7.52.